The number of aromatic nitrogens is 4. The molecule has 0 bridgehead atoms. The Hall–Kier alpha value is -4.32. The van der Waals surface area contributed by atoms with E-state index in [1.807, 2.05) is 66.7 Å². The maximum Gasteiger partial charge on any atom is 0.251 e. The summed E-state index contributed by atoms with van der Waals surface area (Å²) in [6.45, 7) is 0.521. The summed E-state index contributed by atoms with van der Waals surface area (Å²) < 4.78 is 0. The Morgan fingerprint density at radius 2 is 1.47 bits per heavy atom. The molecular weight excluding hydrogens is 398 g/mol. The summed E-state index contributed by atoms with van der Waals surface area (Å²) in [6.07, 6.45) is 4.08. The van der Waals surface area contributed by atoms with E-state index in [9.17, 15) is 4.79 Å². The van der Waals surface area contributed by atoms with Gasteiger partial charge in [0, 0.05) is 41.5 Å². The predicted octanol–water partition coefficient (Wildman–Crippen LogP) is 4.66. The fourth-order valence-electron chi connectivity index (χ4n) is 3.62. The number of hydrogen-bond acceptors (Lipinski definition) is 4. The van der Waals surface area contributed by atoms with E-state index in [1.165, 1.54) is 0 Å². The second-order valence-corrected chi connectivity index (χ2v) is 7.44. The van der Waals surface area contributed by atoms with Gasteiger partial charge >= 0.3 is 0 Å². The van der Waals surface area contributed by atoms with Crippen LogP contribution < -0.4 is 5.32 Å². The average molecular weight is 419 g/mol. The van der Waals surface area contributed by atoms with Crippen molar-refractivity contribution >= 4 is 16.9 Å². The molecule has 2 aromatic heterocycles. The molecule has 6 nitrogen and oxygen atoms in total. The van der Waals surface area contributed by atoms with Crippen LogP contribution in [0.1, 0.15) is 16.1 Å². The third-order valence-electron chi connectivity index (χ3n) is 5.26. The summed E-state index contributed by atoms with van der Waals surface area (Å²) in [5.41, 5.74) is 6.57. The van der Waals surface area contributed by atoms with Crippen LogP contribution in [0.3, 0.4) is 0 Å². The van der Waals surface area contributed by atoms with Crippen molar-refractivity contribution in [1.29, 1.82) is 0 Å². The Balaban J connectivity index is 1.49. The SMILES string of the molecule is O=C(NCCc1cnc[nH]1)c1ccc2nc(-c3ccccc3)c(-c3ccccc3)nc2c1. The van der Waals surface area contributed by atoms with Crippen LogP contribution in [0.25, 0.3) is 33.5 Å². The number of amides is 1. The van der Waals surface area contributed by atoms with Crippen molar-refractivity contribution < 1.29 is 4.79 Å². The first-order valence-corrected chi connectivity index (χ1v) is 10.5. The Morgan fingerprint density at radius 3 is 2.09 bits per heavy atom. The van der Waals surface area contributed by atoms with Crippen LogP contribution >= 0.6 is 0 Å². The highest BCUT2D eigenvalue weighted by atomic mass is 16.1. The first-order valence-electron chi connectivity index (χ1n) is 10.5. The number of rotatable bonds is 6. The van der Waals surface area contributed by atoms with Crippen molar-refractivity contribution in [3.05, 3.63) is 103 Å². The molecule has 6 heteroatoms. The maximum absolute atomic E-state index is 12.7. The predicted molar refractivity (Wildman–Crippen MR) is 125 cm³/mol. The van der Waals surface area contributed by atoms with E-state index in [2.05, 4.69) is 15.3 Å². The first-order chi connectivity index (χ1) is 15.8. The van der Waals surface area contributed by atoms with Crippen molar-refractivity contribution in [2.45, 2.75) is 6.42 Å². The summed E-state index contributed by atoms with van der Waals surface area (Å²) in [4.78, 5) is 29.5. The van der Waals surface area contributed by atoms with E-state index < -0.39 is 0 Å². The van der Waals surface area contributed by atoms with E-state index in [1.54, 1.807) is 24.7 Å². The summed E-state index contributed by atoms with van der Waals surface area (Å²) in [6, 6.07) is 25.5. The molecule has 5 aromatic rings. The van der Waals surface area contributed by atoms with Crippen LogP contribution in [0.4, 0.5) is 0 Å². The van der Waals surface area contributed by atoms with Gasteiger partial charge in [-0.05, 0) is 18.2 Å². The molecule has 5 rings (SSSR count). The lowest BCUT2D eigenvalue weighted by molar-refractivity contribution is 0.0954. The fourth-order valence-corrected chi connectivity index (χ4v) is 3.62. The number of aromatic amines is 1. The standard InChI is InChI=1S/C26H21N5O/c32-26(28-14-13-21-16-27-17-29-21)20-11-12-22-23(15-20)31-25(19-9-5-2-6-10-19)24(30-22)18-7-3-1-4-8-18/h1-12,15-17H,13-14H2,(H,27,29)(H,28,32). The van der Waals surface area contributed by atoms with Crippen molar-refractivity contribution in [1.82, 2.24) is 25.3 Å². The van der Waals surface area contributed by atoms with E-state index in [0.717, 1.165) is 33.7 Å². The molecule has 156 valence electrons. The van der Waals surface area contributed by atoms with Gasteiger partial charge in [0.05, 0.1) is 28.7 Å². The molecule has 0 saturated carbocycles. The topological polar surface area (TPSA) is 83.6 Å². The van der Waals surface area contributed by atoms with Crippen molar-refractivity contribution in [2.24, 2.45) is 0 Å². The Morgan fingerprint density at radius 1 is 0.812 bits per heavy atom. The number of benzene rings is 3. The van der Waals surface area contributed by atoms with Crippen LogP contribution in [0.5, 0.6) is 0 Å². The average Bonchev–Trinajstić information content (AvgIpc) is 3.37. The molecule has 2 heterocycles. The number of nitrogens with one attached hydrogen (secondary N) is 2. The number of carbonyl (C=O) groups is 1. The van der Waals surface area contributed by atoms with Crippen molar-refractivity contribution in [3.63, 3.8) is 0 Å². The molecule has 0 saturated heterocycles. The minimum Gasteiger partial charge on any atom is -0.352 e. The Bertz CT molecular complexity index is 1350. The minimum absolute atomic E-state index is 0.137. The minimum atomic E-state index is -0.137. The van der Waals surface area contributed by atoms with Gasteiger partial charge in [-0.25, -0.2) is 15.0 Å². The zero-order valence-electron chi connectivity index (χ0n) is 17.3. The number of imidazole rings is 1. The zero-order valence-corrected chi connectivity index (χ0v) is 17.3. The number of carbonyl (C=O) groups excluding carboxylic acids is 1. The molecule has 0 unspecified atom stereocenters. The lowest BCUT2D eigenvalue weighted by atomic mass is 10.0. The van der Waals surface area contributed by atoms with Crippen LogP contribution in [-0.4, -0.2) is 32.4 Å². The molecule has 0 aliphatic rings. The second-order valence-electron chi connectivity index (χ2n) is 7.44. The highest BCUT2D eigenvalue weighted by Crippen LogP contribution is 2.31. The first kappa shape index (κ1) is 19.6. The lowest BCUT2D eigenvalue weighted by Gasteiger charge is -2.11. The summed E-state index contributed by atoms with van der Waals surface area (Å²) in [5.74, 6) is -0.137. The summed E-state index contributed by atoms with van der Waals surface area (Å²) >= 11 is 0. The van der Waals surface area contributed by atoms with Gasteiger partial charge in [0.2, 0.25) is 0 Å². The quantitative estimate of drug-likeness (QED) is 0.419. The second kappa shape index (κ2) is 8.81. The molecule has 0 aliphatic carbocycles. The van der Waals surface area contributed by atoms with Crippen LogP contribution in [0, 0.1) is 0 Å². The molecule has 32 heavy (non-hydrogen) atoms. The summed E-state index contributed by atoms with van der Waals surface area (Å²) in [7, 11) is 0. The van der Waals surface area contributed by atoms with Gasteiger partial charge in [0.25, 0.3) is 5.91 Å². The van der Waals surface area contributed by atoms with Gasteiger partial charge < -0.3 is 10.3 Å². The molecule has 1 amide bonds. The Kier molecular flexibility index (Phi) is 5.41. The van der Waals surface area contributed by atoms with Crippen molar-refractivity contribution in [3.8, 4) is 22.5 Å². The fraction of sp³-hybridized carbons (Fsp3) is 0.0769. The smallest absolute Gasteiger partial charge is 0.251 e. The number of hydrogen-bond donors (Lipinski definition) is 2. The van der Waals surface area contributed by atoms with E-state index in [4.69, 9.17) is 9.97 Å². The van der Waals surface area contributed by atoms with Gasteiger partial charge in [-0.3, -0.25) is 4.79 Å². The van der Waals surface area contributed by atoms with E-state index in [-0.39, 0.29) is 5.91 Å². The molecular formula is C26H21N5O. The molecule has 0 spiro atoms. The third kappa shape index (κ3) is 4.11. The lowest BCUT2D eigenvalue weighted by Crippen LogP contribution is -2.25. The van der Waals surface area contributed by atoms with Gasteiger partial charge in [0.15, 0.2) is 0 Å². The van der Waals surface area contributed by atoms with Gasteiger partial charge in [0.1, 0.15) is 0 Å². The van der Waals surface area contributed by atoms with Crippen LogP contribution in [0.15, 0.2) is 91.4 Å². The van der Waals surface area contributed by atoms with Gasteiger partial charge in [-0.1, -0.05) is 60.7 Å². The normalized spacial score (nSPS) is 10.9. The van der Waals surface area contributed by atoms with Crippen LogP contribution in [-0.2, 0) is 6.42 Å². The van der Waals surface area contributed by atoms with Gasteiger partial charge in [-0.15, -0.1) is 0 Å². The van der Waals surface area contributed by atoms with Crippen LogP contribution in [0.2, 0.25) is 0 Å². The molecule has 0 atom stereocenters. The molecule has 0 radical (unpaired) electrons. The maximum atomic E-state index is 12.7. The van der Waals surface area contributed by atoms with Crippen molar-refractivity contribution in [2.75, 3.05) is 6.54 Å². The van der Waals surface area contributed by atoms with E-state index >= 15 is 0 Å². The molecule has 0 aliphatic heterocycles. The molecule has 3 aromatic carbocycles. The number of fused-ring (bicyclic) bond motifs is 1. The van der Waals surface area contributed by atoms with E-state index in [0.29, 0.717) is 24.0 Å². The largest absolute Gasteiger partial charge is 0.352 e. The highest BCUT2D eigenvalue weighted by molar-refractivity contribution is 5.98. The third-order valence-corrected chi connectivity index (χ3v) is 5.26. The molecule has 2 N–H and O–H groups in total. The van der Waals surface area contributed by atoms with Gasteiger partial charge in [-0.2, -0.15) is 0 Å². The highest BCUT2D eigenvalue weighted by Gasteiger charge is 2.14. The summed E-state index contributed by atoms with van der Waals surface area (Å²) in [5, 5.41) is 2.95. The number of nitrogens with zero attached hydrogens (tertiary/aromatic N) is 3. The number of H-pyrrole nitrogens is 1. The molecule has 0 fully saturated rings. The zero-order chi connectivity index (χ0) is 21.8. The Labute approximate surface area is 185 Å². The monoisotopic (exact) mass is 419 g/mol.